The van der Waals surface area contributed by atoms with E-state index in [0.717, 1.165) is 0 Å². The van der Waals surface area contributed by atoms with Crippen molar-refractivity contribution in [2.75, 3.05) is 31.4 Å². The number of nitrogens with zero attached hydrogens (tertiary/aromatic N) is 1. The number of anilines is 2. The zero-order valence-electron chi connectivity index (χ0n) is 14.7. The van der Waals surface area contributed by atoms with E-state index in [1.807, 2.05) is 0 Å². The van der Waals surface area contributed by atoms with E-state index >= 15 is 0 Å². The van der Waals surface area contributed by atoms with E-state index in [1.54, 1.807) is 36.4 Å². The molecule has 1 amide bonds. The predicted molar refractivity (Wildman–Crippen MR) is 99.0 cm³/mol. The number of carbonyl (C=O) groups excluding carboxylic acids is 1. The van der Waals surface area contributed by atoms with Gasteiger partial charge in [0.2, 0.25) is 5.91 Å². The average molecular weight is 359 g/mol. The van der Waals surface area contributed by atoms with Crippen LogP contribution in [-0.4, -0.2) is 31.6 Å². The third-order valence-electron chi connectivity index (χ3n) is 3.63. The molecule has 2 rings (SSSR count). The Bertz CT molecular complexity index is 757. The summed E-state index contributed by atoms with van der Waals surface area (Å²) in [6, 6.07) is 11.5. The summed E-state index contributed by atoms with van der Waals surface area (Å²) in [6.45, 7) is 0.444. The van der Waals surface area contributed by atoms with Gasteiger partial charge in [-0.3, -0.25) is 14.9 Å². The highest BCUT2D eigenvalue weighted by molar-refractivity contribution is 5.91. The lowest BCUT2D eigenvalue weighted by Crippen LogP contribution is -2.13. The molecule has 2 aromatic carbocycles. The number of carbonyl (C=O) groups is 1. The van der Waals surface area contributed by atoms with Crippen molar-refractivity contribution in [1.29, 1.82) is 0 Å². The van der Waals surface area contributed by atoms with Gasteiger partial charge in [0.05, 0.1) is 19.1 Å². The summed E-state index contributed by atoms with van der Waals surface area (Å²) in [4.78, 5) is 22.6. The van der Waals surface area contributed by atoms with E-state index in [4.69, 9.17) is 9.47 Å². The fourth-order valence-corrected chi connectivity index (χ4v) is 2.36. The first-order valence-electron chi connectivity index (χ1n) is 8.03. The summed E-state index contributed by atoms with van der Waals surface area (Å²) in [6.07, 6.45) is 0.798. The van der Waals surface area contributed by atoms with Crippen LogP contribution in [0.4, 0.5) is 17.1 Å². The van der Waals surface area contributed by atoms with Gasteiger partial charge in [-0.2, -0.15) is 0 Å². The minimum Gasteiger partial charge on any atom is -0.497 e. The number of ether oxygens (including phenoxy) is 2. The Balaban J connectivity index is 1.84. The normalized spacial score (nSPS) is 10.1. The number of hydrogen-bond acceptors (Lipinski definition) is 6. The van der Waals surface area contributed by atoms with Crippen molar-refractivity contribution >= 4 is 23.0 Å². The summed E-state index contributed by atoms with van der Waals surface area (Å²) in [5.74, 6) is 1.00. The molecule has 0 spiro atoms. The fraction of sp³-hybridized carbons (Fsp3) is 0.278. The number of rotatable bonds is 9. The minimum absolute atomic E-state index is 0.0143. The molecule has 0 aromatic heterocycles. The molecule has 0 aliphatic heterocycles. The molecule has 8 heteroatoms. The maximum absolute atomic E-state index is 12.1. The van der Waals surface area contributed by atoms with Gasteiger partial charge >= 0.3 is 0 Å². The summed E-state index contributed by atoms with van der Waals surface area (Å²) in [5.41, 5.74) is 1.04. The molecule has 0 saturated carbocycles. The van der Waals surface area contributed by atoms with Crippen molar-refractivity contribution in [2.45, 2.75) is 12.8 Å². The van der Waals surface area contributed by atoms with Crippen LogP contribution in [-0.2, 0) is 4.79 Å². The van der Waals surface area contributed by atoms with Crippen molar-refractivity contribution in [2.24, 2.45) is 0 Å². The monoisotopic (exact) mass is 359 g/mol. The number of hydrogen-bond donors (Lipinski definition) is 2. The number of nitrogens with one attached hydrogen (secondary N) is 2. The number of amides is 1. The largest absolute Gasteiger partial charge is 0.497 e. The van der Waals surface area contributed by atoms with Crippen LogP contribution >= 0.6 is 0 Å². The van der Waals surface area contributed by atoms with Gasteiger partial charge in [0.25, 0.3) is 5.69 Å². The predicted octanol–water partition coefficient (Wildman–Crippen LogP) is 3.44. The van der Waals surface area contributed by atoms with Crippen LogP contribution in [0, 0.1) is 10.1 Å². The average Bonchev–Trinajstić information content (AvgIpc) is 2.65. The lowest BCUT2D eigenvalue weighted by Gasteiger charge is -2.10. The first kappa shape index (κ1) is 19.0. The lowest BCUT2D eigenvalue weighted by atomic mass is 10.2. The van der Waals surface area contributed by atoms with Crippen molar-refractivity contribution in [3.05, 3.63) is 52.6 Å². The number of para-hydroxylation sites is 2. The van der Waals surface area contributed by atoms with Crippen LogP contribution in [0.2, 0.25) is 0 Å². The highest BCUT2D eigenvalue weighted by Gasteiger charge is 2.12. The van der Waals surface area contributed by atoms with Crippen LogP contribution in [0.1, 0.15) is 12.8 Å². The lowest BCUT2D eigenvalue weighted by molar-refractivity contribution is -0.384. The quantitative estimate of drug-likeness (QED) is 0.404. The summed E-state index contributed by atoms with van der Waals surface area (Å²) in [5, 5.41) is 16.7. The van der Waals surface area contributed by atoms with Crippen LogP contribution in [0.5, 0.6) is 11.5 Å². The van der Waals surface area contributed by atoms with E-state index in [1.165, 1.54) is 20.3 Å². The topological polar surface area (TPSA) is 103 Å². The number of nitro groups is 1. The SMILES string of the molecule is COc1cc(NC(=O)CCCNc2ccccc2[N+](=O)[O-])cc(OC)c1. The van der Waals surface area contributed by atoms with Crippen LogP contribution < -0.4 is 20.1 Å². The fourth-order valence-electron chi connectivity index (χ4n) is 2.36. The Labute approximate surface area is 151 Å². The van der Waals surface area contributed by atoms with Gasteiger partial charge in [-0.15, -0.1) is 0 Å². The first-order chi connectivity index (χ1) is 12.5. The van der Waals surface area contributed by atoms with E-state index in [-0.39, 0.29) is 18.0 Å². The Morgan fingerprint density at radius 3 is 2.38 bits per heavy atom. The first-order valence-corrected chi connectivity index (χ1v) is 8.03. The highest BCUT2D eigenvalue weighted by Crippen LogP contribution is 2.26. The van der Waals surface area contributed by atoms with E-state index < -0.39 is 4.92 Å². The van der Waals surface area contributed by atoms with Gasteiger partial charge in [0.15, 0.2) is 0 Å². The summed E-state index contributed by atoms with van der Waals surface area (Å²) in [7, 11) is 3.07. The number of nitro benzene ring substituents is 1. The molecule has 0 saturated heterocycles. The van der Waals surface area contributed by atoms with Gasteiger partial charge in [0.1, 0.15) is 17.2 Å². The second kappa shape index (κ2) is 9.26. The molecule has 0 heterocycles. The molecule has 0 radical (unpaired) electrons. The van der Waals surface area contributed by atoms with E-state index in [9.17, 15) is 14.9 Å². The third-order valence-corrected chi connectivity index (χ3v) is 3.63. The molecule has 0 aliphatic carbocycles. The van der Waals surface area contributed by atoms with Gasteiger partial charge < -0.3 is 20.1 Å². The third kappa shape index (κ3) is 5.37. The second-order valence-electron chi connectivity index (χ2n) is 5.45. The molecule has 2 aromatic rings. The number of benzene rings is 2. The van der Waals surface area contributed by atoms with Crippen LogP contribution in [0.15, 0.2) is 42.5 Å². The smallest absolute Gasteiger partial charge is 0.292 e. The molecule has 0 aliphatic rings. The molecular weight excluding hydrogens is 338 g/mol. The van der Waals surface area contributed by atoms with Gasteiger partial charge in [-0.05, 0) is 12.5 Å². The van der Waals surface area contributed by atoms with Crippen molar-refractivity contribution in [3.63, 3.8) is 0 Å². The van der Waals surface area contributed by atoms with Crippen LogP contribution in [0.25, 0.3) is 0 Å². The van der Waals surface area contributed by atoms with Gasteiger partial charge in [-0.25, -0.2) is 0 Å². The molecule has 0 unspecified atom stereocenters. The van der Waals surface area contributed by atoms with Crippen molar-refractivity contribution in [1.82, 2.24) is 0 Å². The second-order valence-corrected chi connectivity index (χ2v) is 5.45. The molecule has 0 atom stereocenters. The summed E-state index contributed by atoms with van der Waals surface area (Å²) >= 11 is 0. The van der Waals surface area contributed by atoms with E-state index in [2.05, 4.69) is 10.6 Å². The molecule has 0 bridgehead atoms. The highest BCUT2D eigenvalue weighted by atomic mass is 16.6. The standard InChI is InChI=1S/C18H21N3O5/c1-25-14-10-13(11-15(12-14)26-2)20-18(22)8-5-9-19-16-6-3-4-7-17(16)21(23)24/h3-4,6-7,10-12,19H,5,8-9H2,1-2H3,(H,20,22). The maximum Gasteiger partial charge on any atom is 0.292 e. The molecule has 26 heavy (non-hydrogen) atoms. The summed E-state index contributed by atoms with van der Waals surface area (Å²) < 4.78 is 10.3. The zero-order chi connectivity index (χ0) is 18.9. The van der Waals surface area contributed by atoms with Crippen molar-refractivity contribution < 1.29 is 19.2 Å². The minimum atomic E-state index is -0.439. The Kier molecular flexibility index (Phi) is 6.78. The maximum atomic E-state index is 12.1. The van der Waals surface area contributed by atoms with E-state index in [0.29, 0.717) is 35.8 Å². The van der Waals surface area contributed by atoms with Gasteiger partial charge in [-0.1, -0.05) is 12.1 Å². The molecule has 2 N–H and O–H groups in total. The molecule has 8 nitrogen and oxygen atoms in total. The van der Waals surface area contributed by atoms with Gasteiger partial charge in [0, 0.05) is 42.9 Å². The van der Waals surface area contributed by atoms with Crippen molar-refractivity contribution in [3.8, 4) is 11.5 Å². The Morgan fingerprint density at radius 2 is 1.77 bits per heavy atom. The molecule has 0 fully saturated rings. The Hall–Kier alpha value is -3.29. The zero-order valence-corrected chi connectivity index (χ0v) is 14.7. The molecule has 138 valence electrons. The van der Waals surface area contributed by atoms with Crippen LogP contribution in [0.3, 0.4) is 0 Å². The Morgan fingerprint density at radius 1 is 1.12 bits per heavy atom. The molecular formula is C18H21N3O5. The number of methoxy groups -OCH3 is 2.